The summed E-state index contributed by atoms with van der Waals surface area (Å²) in [7, 11) is 1.53. The van der Waals surface area contributed by atoms with Gasteiger partial charge in [0.2, 0.25) is 0 Å². The molecule has 1 aromatic rings. The Labute approximate surface area is 88.7 Å². The summed E-state index contributed by atoms with van der Waals surface area (Å²) < 4.78 is 4.95. The summed E-state index contributed by atoms with van der Waals surface area (Å²) in [6.45, 7) is 3.63. The number of aromatic hydroxyl groups is 1. The van der Waals surface area contributed by atoms with Crippen LogP contribution in [0.2, 0.25) is 0 Å². The van der Waals surface area contributed by atoms with Gasteiger partial charge >= 0.3 is 0 Å². The second kappa shape index (κ2) is 5.68. The van der Waals surface area contributed by atoms with Gasteiger partial charge in [0, 0.05) is 17.1 Å². The molecule has 1 aromatic carbocycles. The van der Waals surface area contributed by atoms with Gasteiger partial charge in [-0.3, -0.25) is 0 Å². The Hall–Kier alpha value is -0.921. The first-order chi connectivity index (χ1) is 5.77. The average molecular weight is 228 g/mol. The van der Waals surface area contributed by atoms with Crippen molar-refractivity contribution in [1.82, 2.24) is 0 Å². The molecule has 0 aliphatic heterocycles. The van der Waals surface area contributed by atoms with E-state index >= 15 is 0 Å². The number of allylic oxidation sites excluding steroid dienone is 1. The van der Waals surface area contributed by atoms with Gasteiger partial charge in [-0.1, -0.05) is 12.1 Å². The van der Waals surface area contributed by atoms with Gasteiger partial charge in [0.1, 0.15) is 0 Å². The van der Waals surface area contributed by atoms with E-state index in [9.17, 15) is 5.11 Å². The number of phenolic OH excluding ortho intramolecular Hbond substituents is 1. The molecule has 0 heterocycles. The quantitative estimate of drug-likeness (QED) is 0.633. The molecule has 0 saturated carbocycles. The minimum Gasteiger partial charge on any atom is -0.504 e. The first-order valence-electron chi connectivity index (χ1n) is 3.74. The van der Waals surface area contributed by atoms with E-state index in [0.717, 1.165) is 12.0 Å². The molecule has 0 unspecified atom stereocenters. The molecule has 0 atom stereocenters. The van der Waals surface area contributed by atoms with Gasteiger partial charge in [0.05, 0.1) is 7.11 Å². The molecular formula is C10H12CuO2. The number of rotatable bonds is 3. The average Bonchev–Trinajstić information content (AvgIpc) is 2.09. The summed E-state index contributed by atoms with van der Waals surface area (Å²) in [6.07, 6.45) is 2.60. The molecule has 75 valence electrons. The van der Waals surface area contributed by atoms with E-state index in [0.29, 0.717) is 5.75 Å². The number of phenols is 1. The molecule has 13 heavy (non-hydrogen) atoms. The van der Waals surface area contributed by atoms with E-state index in [4.69, 9.17) is 4.74 Å². The summed E-state index contributed by atoms with van der Waals surface area (Å²) in [5, 5.41) is 9.25. The van der Waals surface area contributed by atoms with E-state index < -0.39 is 0 Å². The Kier molecular flexibility index (Phi) is 5.28. The Morgan fingerprint density at radius 1 is 1.54 bits per heavy atom. The van der Waals surface area contributed by atoms with Crippen molar-refractivity contribution in [2.45, 2.75) is 6.42 Å². The second-order valence-electron chi connectivity index (χ2n) is 2.50. The van der Waals surface area contributed by atoms with Crippen molar-refractivity contribution in [3.8, 4) is 11.5 Å². The van der Waals surface area contributed by atoms with Crippen molar-refractivity contribution in [3.05, 3.63) is 36.4 Å². The van der Waals surface area contributed by atoms with Crippen LogP contribution in [0.15, 0.2) is 30.9 Å². The molecule has 0 spiro atoms. The van der Waals surface area contributed by atoms with Gasteiger partial charge in [-0.25, -0.2) is 0 Å². The zero-order valence-electron chi connectivity index (χ0n) is 7.38. The van der Waals surface area contributed by atoms with Crippen LogP contribution in [0.1, 0.15) is 5.56 Å². The third-order valence-electron chi connectivity index (χ3n) is 1.62. The summed E-state index contributed by atoms with van der Waals surface area (Å²) in [4.78, 5) is 0. The Bertz CT molecular complexity index is 284. The second-order valence-corrected chi connectivity index (χ2v) is 2.50. The van der Waals surface area contributed by atoms with Gasteiger partial charge in [-0.2, -0.15) is 0 Å². The standard InChI is InChI=1S/C10H12O2.Cu/c1-3-4-8-5-6-9(11)10(7-8)12-2;/h3,5-7,11H,1,4H2,2H3;. The predicted octanol–water partition coefficient (Wildman–Crippen LogP) is 2.13. The Balaban J connectivity index is 0.00000144. The van der Waals surface area contributed by atoms with Gasteiger partial charge in [0.25, 0.3) is 0 Å². The van der Waals surface area contributed by atoms with Gasteiger partial charge < -0.3 is 9.84 Å². The topological polar surface area (TPSA) is 29.5 Å². The fourth-order valence-electron chi connectivity index (χ4n) is 1.02. The molecule has 0 amide bonds. The van der Waals surface area contributed by atoms with Crippen LogP contribution in [0.25, 0.3) is 0 Å². The van der Waals surface area contributed by atoms with Crippen molar-refractivity contribution < 1.29 is 26.9 Å². The monoisotopic (exact) mass is 227 g/mol. The van der Waals surface area contributed by atoms with Crippen molar-refractivity contribution in [1.29, 1.82) is 0 Å². The summed E-state index contributed by atoms with van der Waals surface area (Å²) in [5.41, 5.74) is 1.08. The normalized spacial score (nSPS) is 8.69. The molecule has 0 aromatic heterocycles. The largest absolute Gasteiger partial charge is 0.504 e. The van der Waals surface area contributed by atoms with Crippen LogP contribution < -0.4 is 4.74 Å². The molecule has 3 heteroatoms. The third kappa shape index (κ3) is 3.13. The summed E-state index contributed by atoms with van der Waals surface area (Å²) in [6, 6.07) is 5.27. The molecule has 0 bridgehead atoms. The van der Waals surface area contributed by atoms with E-state index in [2.05, 4.69) is 6.58 Å². The molecule has 2 nitrogen and oxygen atoms in total. The van der Waals surface area contributed by atoms with Gasteiger partial charge in [-0.15, -0.1) is 6.58 Å². The Morgan fingerprint density at radius 3 is 2.77 bits per heavy atom. The maximum atomic E-state index is 9.25. The van der Waals surface area contributed by atoms with Gasteiger partial charge in [-0.05, 0) is 24.1 Å². The van der Waals surface area contributed by atoms with Crippen molar-refractivity contribution in [2.24, 2.45) is 0 Å². The maximum Gasteiger partial charge on any atom is 0.160 e. The number of ether oxygens (including phenoxy) is 1. The van der Waals surface area contributed by atoms with Crippen molar-refractivity contribution in [3.63, 3.8) is 0 Å². The molecule has 1 radical (unpaired) electrons. The van der Waals surface area contributed by atoms with Gasteiger partial charge in [0.15, 0.2) is 11.5 Å². The smallest absolute Gasteiger partial charge is 0.160 e. The third-order valence-corrected chi connectivity index (χ3v) is 1.62. The number of methoxy groups -OCH3 is 1. The van der Waals surface area contributed by atoms with Crippen LogP contribution >= 0.6 is 0 Å². The Morgan fingerprint density at radius 2 is 2.23 bits per heavy atom. The number of benzene rings is 1. The number of hydrogen-bond acceptors (Lipinski definition) is 2. The van der Waals surface area contributed by atoms with Crippen LogP contribution in [-0.4, -0.2) is 12.2 Å². The first kappa shape index (κ1) is 12.1. The minimum absolute atomic E-state index is 0. The molecule has 0 aliphatic rings. The fourth-order valence-corrected chi connectivity index (χ4v) is 1.02. The molecule has 1 rings (SSSR count). The zero-order valence-corrected chi connectivity index (χ0v) is 8.32. The molecule has 1 N–H and O–H groups in total. The zero-order chi connectivity index (χ0) is 8.97. The van der Waals surface area contributed by atoms with E-state index in [1.165, 1.54) is 7.11 Å². The maximum absolute atomic E-state index is 9.25. The SMILES string of the molecule is C=CCc1ccc(O)c(OC)c1.[Cu]. The van der Waals surface area contributed by atoms with E-state index in [-0.39, 0.29) is 22.8 Å². The van der Waals surface area contributed by atoms with Crippen LogP contribution in [0.3, 0.4) is 0 Å². The minimum atomic E-state index is 0. The van der Waals surface area contributed by atoms with Crippen molar-refractivity contribution >= 4 is 0 Å². The summed E-state index contributed by atoms with van der Waals surface area (Å²) >= 11 is 0. The molecule has 0 saturated heterocycles. The van der Waals surface area contributed by atoms with Crippen LogP contribution in [0.4, 0.5) is 0 Å². The van der Waals surface area contributed by atoms with Crippen LogP contribution in [-0.2, 0) is 23.5 Å². The fraction of sp³-hybridized carbons (Fsp3) is 0.200. The molecule has 0 fully saturated rings. The predicted molar refractivity (Wildman–Crippen MR) is 48.6 cm³/mol. The van der Waals surface area contributed by atoms with Crippen LogP contribution in [0.5, 0.6) is 11.5 Å². The van der Waals surface area contributed by atoms with E-state index in [1.807, 2.05) is 12.1 Å². The number of hydrogen-bond donors (Lipinski definition) is 1. The van der Waals surface area contributed by atoms with Crippen LogP contribution in [0, 0.1) is 0 Å². The molecule has 0 aliphatic carbocycles. The first-order valence-corrected chi connectivity index (χ1v) is 3.74. The van der Waals surface area contributed by atoms with E-state index in [1.54, 1.807) is 12.1 Å². The summed E-state index contributed by atoms with van der Waals surface area (Å²) in [5.74, 6) is 0.680. The molecular weight excluding hydrogens is 216 g/mol. The van der Waals surface area contributed by atoms with Crippen molar-refractivity contribution in [2.75, 3.05) is 7.11 Å².